The average Bonchev–Trinajstić information content (AvgIpc) is 2.69. The Morgan fingerprint density at radius 1 is 0.852 bits per heavy atom. The number of hydrogen-bond donors (Lipinski definition) is 3. The lowest BCUT2D eigenvalue weighted by Gasteiger charge is -2.08. The molecule has 136 valence electrons. The summed E-state index contributed by atoms with van der Waals surface area (Å²) < 4.78 is 0. The topological polar surface area (TPSA) is 96.0 Å². The van der Waals surface area contributed by atoms with Gasteiger partial charge in [0.25, 0.3) is 5.91 Å². The number of anilines is 3. The van der Waals surface area contributed by atoms with Gasteiger partial charge in [-0.2, -0.15) is 0 Å². The van der Waals surface area contributed by atoms with E-state index in [-0.39, 0.29) is 17.5 Å². The number of carbonyl (C=O) groups is 2. The Hall–Kier alpha value is -3.74. The Balaban J connectivity index is 1.56. The second-order valence-corrected chi connectivity index (χ2v) is 5.84. The molecule has 3 rings (SSSR count). The third kappa shape index (κ3) is 5.37. The quantitative estimate of drug-likeness (QED) is 0.626. The summed E-state index contributed by atoms with van der Waals surface area (Å²) in [7, 11) is 0. The normalized spacial score (nSPS) is 10.1. The molecule has 0 aliphatic rings. The van der Waals surface area contributed by atoms with Crippen molar-refractivity contribution in [2.24, 2.45) is 0 Å². The van der Waals surface area contributed by atoms with Crippen molar-refractivity contribution in [2.75, 3.05) is 16.0 Å². The first-order chi connectivity index (χ1) is 13.1. The van der Waals surface area contributed by atoms with Crippen LogP contribution in [0.5, 0.6) is 0 Å². The van der Waals surface area contributed by atoms with Crippen molar-refractivity contribution in [2.45, 2.75) is 13.5 Å². The molecular formula is C20H19N5O2. The lowest BCUT2D eigenvalue weighted by Crippen LogP contribution is -2.14. The van der Waals surface area contributed by atoms with E-state index >= 15 is 0 Å². The second-order valence-electron chi connectivity index (χ2n) is 5.84. The van der Waals surface area contributed by atoms with Gasteiger partial charge in [0.2, 0.25) is 5.91 Å². The molecule has 0 aliphatic heterocycles. The molecule has 1 aromatic heterocycles. The minimum Gasteiger partial charge on any atom is -0.365 e. The van der Waals surface area contributed by atoms with E-state index in [2.05, 4.69) is 25.9 Å². The number of amides is 2. The Morgan fingerprint density at radius 2 is 1.52 bits per heavy atom. The minimum atomic E-state index is -0.357. The lowest BCUT2D eigenvalue weighted by molar-refractivity contribution is -0.114. The third-order valence-corrected chi connectivity index (χ3v) is 3.66. The van der Waals surface area contributed by atoms with Crippen LogP contribution in [0.2, 0.25) is 0 Å². The van der Waals surface area contributed by atoms with Crippen LogP contribution in [0.15, 0.2) is 67.0 Å². The molecule has 3 aromatic rings. The van der Waals surface area contributed by atoms with Gasteiger partial charge in [0.1, 0.15) is 11.5 Å². The maximum Gasteiger partial charge on any atom is 0.275 e. The minimum absolute atomic E-state index is 0.150. The number of rotatable bonds is 6. The van der Waals surface area contributed by atoms with Gasteiger partial charge in [-0.05, 0) is 29.8 Å². The molecule has 27 heavy (non-hydrogen) atoms. The molecule has 0 fully saturated rings. The van der Waals surface area contributed by atoms with Gasteiger partial charge in [-0.3, -0.25) is 9.59 Å². The van der Waals surface area contributed by atoms with Crippen LogP contribution in [0.1, 0.15) is 23.0 Å². The van der Waals surface area contributed by atoms with E-state index < -0.39 is 0 Å². The van der Waals surface area contributed by atoms with Crippen molar-refractivity contribution in [1.82, 2.24) is 9.97 Å². The van der Waals surface area contributed by atoms with E-state index in [1.165, 1.54) is 19.3 Å². The molecule has 2 amide bonds. The van der Waals surface area contributed by atoms with E-state index in [1.807, 2.05) is 30.3 Å². The number of nitrogens with one attached hydrogen (secondary N) is 3. The summed E-state index contributed by atoms with van der Waals surface area (Å²) in [5.41, 5.74) is 2.60. The van der Waals surface area contributed by atoms with Gasteiger partial charge in [0, 0.05) is 24.8 Å². The van der Waals surface area contributed by atoms with Gasteiger partial charge in [-0.25, -0.2) is 9.97 Å². The number of nitrogens with zero attached hydrogens (tertiary/aromatic N) is 2. The first-order valence-electron chi connectivity index (χ1n) is 8.39. The molecule has 0 saturated heterocycles. The summed E-state index contributed by atoms with van der Waals surface area (Å²) in [6.07, 6.45) is 2.95. The fourth-order valence-corrected chi connectivity index (χ4v) is 2.36. The molecule has 7 nitrogen and oxygen atoms in total. The van der Waals surface area contributed by atoms with Crippen molar-refractivity contribution in [1.29, 1.82) is 0 Å². The average molecular weight is 361 g/mol. The van der Waals surface area contributed by atoms with Gasteiger partial charge in [0.05, 0.1) is 12.4 Å². The van der Waals surface area contributed by atoms with E-state index in [0.29, 0.717) is 23.7 Å². The molecule has 7 heteroatoms. The summed E-state index contributed by atoms with van der Waals surface area (Å²) in [6.45, 7) is 2.06. The Morgan fingerprint density at radius 3 is 2.11 bits per heavy atom. The maximum atomic E-state index is 12.3. The monoisotopic (exact) mass is 361 g/mol. The fraction of sp³-hybridized carbons (Fsp3) is 0.100. The van der Waals surface area contributed by atoms with Crippen molar-refractivity contribution < 1.29 is 9.59 Å². The predicted molar refractivity (Wildman–Crippen MR) is 104 cm³/mol. The van der Waals surface area contributed by atoms with E-state index in [4.69, 9.17) is 0 Å². The van der Waals surface area contributed by atoms with Gasteiger partial charge < -0.3 is 16.0 Å². The molecule has 0 aliphatic carbocycles. The predicted octanol–water partition coefficient (Wildman–Crippen LogP) is 3.30. The number of benzene rings is 2. The van der Waals surface area contributed by atoms with Gasteiger partial charge in [-0.1, -0.05) is 30.3 Å². The molecule has 0 unspecified atom stereocenters. The zero-order valence-electron chi connectivity index (χ0n) is 14.8. The van der Waals surface area contributed by atoms with Gasteiger partial charge in [0.15, 0.2) is 0 Å². The zero-order valence-corrected chi connectivity index (χ0v) is 14.8. The largest absolute Gasteiger partial charge is 0.365 e. The highest BCUT2D eigenvalue weighted by Crippen LogP contribution is 2.14. The standard InChI is InChI=1S/C20H19N5O2/c1-14(26)24-16-7-9-17(10-8-16)25-20(27)18-12-23-19(13-21-18)22-11-15-5-3-2-4-6-15/h2-10,12-13H,11H2,1H3,(H,22,23)(H,24,26)(H,25,27). The van der Waals surface area contributed by atoms with Gasteiger partial charge in [-0.15, -0.1) is 0 Å². The van der Waals surface area contributed by atoms with Crippen LogP contribution in [0, 0.1) is 0 Å². The van der Waals surface area contributed by atoms with E-state index in [9.17, 15) is 9.59 Å². The van der Waals surface area contributed by atoms with Crippen molar-refractivity contribution in [3.8, 4) is 0 Å². The fourth-order valence-electron chi connectivity index (χ4n) is 2.36. The Kier molecular flexibility index (Phi) is 5.73. The van der Waals surface area contributed by atoms with Crippen LogP contribution in [0.4, 0.5) is 17.2 Å². The molecule has 3 N–H and O–H groups in total. The Labute approximate surface area is 156 Å². The van der Waals surface area contributed by atoms with Gasteiger partial charge >= 0.3 is 0 Å². The molecule has 0 spiro atoms. The molecule has 0 saturated carbocycles. The third-order valence-electron chi connectivity index (χ3n) is 3.66. The summed E-state index contributed by atoms with van der Waals surface area (Å²) in [5.74, 6) is 0.0856. The molecule has 0 radical (unpaired) electrons. The summed E-state index contributed by atoms with van der Waals surface area (Å²) in [6, 6.07) is 16.7. The van der Waals surface area contributed by atoms with Crippen LogP contribution in [-0.4, -0.2) is 21.8 Å². The number of carbonyl (C=O) groups excluding carboxylic acids is 2. The highest BCUT2D eigenvalue weighted by atomic mass is 16.2. The summed E-state index contributed by atoms with van der Waals surface area (Å²) >= 11 is 0. The maximum absolute atomic E-state index is 12.3. The molecule has 0 atom stereocenters. The molecule has 2 aromatic carbocycles. The van der Waals surface area contributed by atoms with Crippen LogP contribution >= 0.6 is 0 Å². The first kappa shape index (κ1) is 18.1. The zero-order chi connectivity index (χ0) is 19.1. The second kappa shape index (κ2) is 8.57. The van der Waals surface area contributed by atoms with E-state index in [0.717, 1.165) is 5.56 Å². The van der Waals surface area contributed by atoms with Crippen LogP contribution < -0.4 is 16.0 Å². The van der Waals surface area contributed by atoms with Crippen molar-refractivity contribution in [3.05, 3.63) is 78.2 Å². The SMILES string of the molecule is CC(=O)Nc1ccc(NC(=O)c2cnc(NCc3ccccc3)cn2)cc1. The van der Waals surface area contributed by atoms with Crippen LogP contribution in [0.25, 0.3) is 0 Å². The Bertz CT molecular complexity index is 909. The summed E-state index contributed by atoms with van der Waals surface area (Å²) in [5, 5.41) is 8.57. The smallest absolute Gasteiger partial charge is 0.275 e. The van der Waals surface area contributed by atoms with Crippen LogP contribution in [0.3, 0.4) is 0 Å². The highest BCUT2D eigenvalue weighted by Gasteiger charge is 2.09. The summed E-state index contributed by atoms with van der Waals surface area (Å²) in [4.78, 5) is 31.6. The number of aromatic nitrogens is 2. The molecule has 0 bridgehead atoms. The van der Waals surface area contributed by atoms with E-state index in [1.54, 1.807) is 24.3 Å². The first-order valence-corrected chi connectivity index (χ1v) is 8.39. The van der Waals surface area contributed by atoms with Crippen molar-refractivity contribution in [3.63, 3.8) is 0 Å². The molecular weight excluding hydrogens is 342 g/mol. The number of hydrogen-bond acceptors (Lipinski definition) is 5. The highest BCUT2D eigenvalue weighted by molar-refractivity contribution is 6.02. The lowest BCUT2D eigenvalue weighted by atomic mass is 10.2. The van der Waals surface area contributed by atoms with Crippen LogP contribution in [-0.2, 0) is 11.3 Å². The van der Waals surface area contributed by atoms with Crippen molar-refractivity contribution >= 4 is 29.0 Å². The molecule has 1 heterocycles.